The Bertz CT molecular complexity index is 678. The summed E-state index contributed by atoms with van der Waals surface area (Å²) in [4.78, 5) is 14.2. The topological polar surface area (TPSA) is 57.7 Å². The Morgan fingerprint density at radius 2 is 2.08 bits per heavy atom. The van der Waals surface area contributed by atoms with Crippen molar-refractivity contribution in [3.8, 4) is 0 Å². The molecule has 134 valence electrons. The molecule has 1 heterocycles. The minimum atomic E-state index is -3.53. The smallest absolute Gasteiger partial charge is 0.237 e. The van der Waals surface area contributed by atoms with E-state index in [0.29, 0.717) is 24.6 Å². The first-order valence-corrected chi connectivity index (χ1v) is 10.1. The number of benzene rings is 1. The molecule has 1 aliphatic rings. The Morgan fingerprint density at radius 3 is 2.71 bits per heavy atom. The summed E-state index contributed by atoms with van der Waals surface area (Å²) in [6.45, 7) is 3.35. The predicted molar refractivity (Wildman–Crippen MR) is 91.5 cm³/mol. The van der Waals surface area contributed by atoms with Crippen molar-refractivity contribution in [2.45, 2.75) is 26.2 Å². The lowest BCUT2D eigenvalue weighted by atomic mass is 10.0. The third-order valence-corrected chi connectivity index (χ3v) is 5.63. The molecule has 0 radical (unpaired) electrons. The Labute approximate surface area is 143 Å². The van der Waals surface area contributed by atoms with Crippen LogP contribution >= 0.6 is 0 Å². The van der Waals surface area contributed by atoms with Gasteiger partial charge in [-0.05, 0) is 36.8 Å². The fraction of sp³-hybridized carbons (Fsp3) is 0.588. The fourth-order valence-corrected chi connectivity index (χ4v) is 3.74. The number of hydrogen-bond acceptors (Lipinski definition) is 3. The van der Waals surface area contributed by atoms with Gasteiger partial charge in [0, 0.05) is 19.6 Å². The van der Waals surface area contributed by atoms with Crippen molar-refractivity contribution in [1.82, 2.24) is 9.21 Å². The van der Waals surface area contributed by atoms with Crippen LogP contribution in [0, 0.1) is 11.7 Å². The normalized spacial score (nSPS) is 18.8. The number of carbonyl (C=O) groups excluding carboxylic acids is 1. The first-order valence-electron chi connectivity index (χ1n) is 8.23. The minimum Gasteiger partial charge on any atom is -0.341 e. The third-order valence-electron chi connectivity index (χ3n) is 4.38. The van der Waals surface area contributed by atoms with Crippen LogP contribution in [0.5, 0.6) is 0 Å². The zero-order valence-corrected chi connectivity index (χ0v) is 15.1. The third kappa shape index (κ3) is 5.27. The van der Waals surface area contributed by atoms with Gasteiger partial charge in [0.1, 0.15) is 5.82 Å². The molecule has 0 N–H and O–H groups in total. The van der Waals surface area contributed by atoms with Crippen LogP contribution in [0.1, 0.15) is 25.3 Å². The van der Waals surface area contributed by atoms with E-state index in [0.717, 1.165) is 23.4 Å². The summed E-state index contributed by atoms with van der Waals surface area (Å²) in [5, 5.41) is 0. The molecule has 24 heavy (non-hydrogen) atoms. The molecular weight excluding hydrogens is 331 g/mol. The molecule has 0 bridgehead atoms. The maximum Gasteiger partial charge on any atom is 0.237 e. The molecular formula is C17H25FN2O3S. The molecule has 1 atom stereocenters. The number of amides is 1. The highest BCUT2D eigenvalue weighted by molar-refractivity contribution is 7.88. The average molecular weight is 356 g/mol. The number of halogens is 1. The van der Waals surface area contributed by atoms with Gasteiger partial charge in [-0.25, -0.2) is 12.8 Å². The van der Waals surface area contributed by atoms with Crippen molar-refractivity contribution in [3.05, 3.63) is 35.6 Å². The van der Waals surface area contributed by atoms with Crippen LogP contribution in [0.4, 0.5) is 4.39 Å². The van der Waals surface area contributed by atoms with Gasteiger partial charge in [-0.1, -0.05) is 25.1 Å². The van der Waals surface area contributed by atoms with E-state index in [9.17, 15) is 17.6 Å². The Balaban J connectivity index is 2.01. The summed E-state index contributed by atoms with van der Waals surface area (Å²) < 4.78 is 38.8. The number of hydrogen-bond donors (Lipinski definition) is 0. The molecule has 1 aromatic carbocycles. The fourth-order valence-electron chi connectivity index (χ4n) is 2.98. The van der Waals surface area contributed by atoms with Crippen LogP contribution in [-0.4, -0.2) is 56.0 Å². The SMILES string of the molecule is CC1CCCN(C(=O)CN(CCc2ccccc2F)S(C)(=O)=O)C1. The van der Waals surface area contributed by atoms with Gasteiger partial charge >= 0.3 is 0 Å². The van der Waals surface area contributed by atoms with Crippen LogP contribution in [0.25, 0.3) is 0 Å². The standard InChI is InChI=1S/C17H25FN2O3S/c1-14-6-5-10-19(12-14)17(21)13-20(24(2,22)23)11-9-15-7-3-4-8-16(15)18/h3-4,7-8,14H,5-6,9-13H2,1-2H3. The first-order chi connectivity index (χ1) is 11.3. The number of sulfonamides is 1. The Kier molecular flexibility index (Phi) is 6.34. The summed E-state index contributed by atoms with van der Waals surface area (Å²) in [5.74, 6) is -0.101. The number of nitrogens with zero attached hydrogens (tertiary/aromatic N) is 2. The maximum absolute atomic E-state index is 13.7. The zero-order valence-electron chi connectivity index (χ0n) is 14.2. The number of likely N-dealkylation sites (tertiary alicyclic amines) is 1. The minimum absolute atomic E-state index is 0.0922. The van der Waals surface area contributed by atoms with Crippen molar-refractivity contribution in [3.63, 3.8) is 0 Å². The molecule has 0 aromatic heterocycles. The van der Waals surface area contributed by atoms with Gasteiger partial charge in [0.15, 0.2) is 0 Å². The van der Waals surface area contributed by atoms with Crippen LogP contribution < -0.4 is 0 Å². The van der Waals surface area contributed by atoms with Crippen LogP contribution in [-0.2, 0) is 21.2 Å². The van der Waals surface area contributed by atoms with Gasteiger partial charge in [-0.3, -0.25) is 4.79 Å². The second-order valence-electron chi connectivity index (χ2n) is 6.53. The van der Waals surface area contributed by atoms with E-state index in [2.05, 4.69) is 6.92 Å². The van der Waals surface area contributed by atoms with Crippen molar-refractivity contribution >= 4 is 15.9 Å². The second kappa shape index (κ2) is 8.07. The monoisotopic (exact) mass is 356 g/mol. The highest BCUT2D eigenvalue weighted by Crippen LogP contribution is 2.16. The molecule has 1 saturated heterocycles. The summed E-state index contributed by atoms with van der Waals surface area (Å²) in [5.41, 5.74) is 0.449. The highest BCUT2D eigenvalue weighted by Gasteiger charge is 2.26. The van der Waals surface area contributed by atoms with E-state index >= 15 is 0 Å². The van der Waals surface area contributed by atoms with Gasteiger partial charge in [0.05, 0.1) is 12.8 Å². The highest BCUT2D eigenvalue weighted by atomic mass is 32.2. The Morgan fingerprint density at radius 1 is 1.38 bits per heavy atom. The number of carbonyl (C=O) groups is 1. The molecule has 0 aliphatic carbocycles. The van der Waals surface area contributed by atoms with E-state index in [1.54, 1.807) is 23.1 Å². The van der Waals surface area contributed by atoms with Crippen LogP contribution in [0.3, 0.4) is 0 Å². The van der Waals surface area contributed by atoms with Crippen molar-refractivity contribution in [1.29, 1.82) is 0 Å². The Hall–Kier alpha value is -1.47. The van der Waals surface area contributed by atoms with Gasteiger partial charge in [0.2, 0.25) is 15.9 Å². The summed E-state index contributed by atoms with van der Waals surface area (Å²) >= 11 is 0. The lowest BCUT2D eigenvalue weighted by Crippen LogP contribution is -2.46. The molecule has 0 saturated carbocycles. The molecule has 7 heteroatoms. The van der Waals surface area contributed by atoms with Gasteiger partial charge in [-0.15, -0.1) is 0 Å². The zero-order chi connectivity index (χ0) is 17.7. The molecule has 1 aliphatic heterocycles. The predicted octanol–water partition coefficient (Wildman–Crippen LogP) is 1.89. The van der Waals surface area contributed by atoms with Crippen LogP contribution in [0.15, 0.2) is 24.3 Å². The maximum atomic E-state index is 13.7. The molecule has 0 spiro atoms. The lowest BCUT2D eigenvalue weighted by molar-refractivity contribution is -0.133. The molecule has 2 rings (SSSR count). The first kappa shape index (κ1) is 18.9. The number of piperidine rings is 1. The quantitative estimate of drug-likeness (QED) is 0.782. The summed E-state index contributed by atoms with van der Waals surface area (Å²) in [6.07, 6.45) is 3.36. The average Bonchev–Trinajstić information content (AvgIpc) is 2.51. The van der Waals surface area contributed by atoms with E-state index in [-0.39, 0.29) is 31.2 Å². The molecule has 1 amide bonds. The summed E-state index contributed by atoms with van der Waals surface area (Å²) in [7, 11) is -3.53. The van der Waals surface area contributed by atoms with E-state index in [1.807, 2.05) is 0 Å². The van der Waals surface area contributed by atoms with E-state index < -0.39 is 10.0 Å². The molecule has 1 fully saturated rings. The number of rotatable bonds is 6. The van der Waals surface area contributed by atoms with Gasteiger partial charge in [0.25, 0.3) is 0 Å². The van der Waals surface area contributed by atoms with E-state index in [4.69, 9.17) is 0 Å². The molecule has 5 nitrogen and oxygen atoms in total. The molecule has 1 aromatic rings. The van der Waals surface area contributed by atoms with E-state index in [1.165, 1.54) is 6.07 Å². The lowest BCUT2D eigenvalue weighted by Gasteiger charge is -2.32. The van der Waals surface area contributed by atoms with Gasteiger partial charge < -0.3 is 4.90 Å². The van der Waals surface area contributed by atoms with Crippen molar-refractivity contribution in [2.24, 2.45) is 5.92 Å². The second-order valence-corrected chi connectivity index (χ2v) is 8.51. The molecule has 1 unspecified atom stereocenters. The van der Waals surface area contributed by atoms with Crippen LogP contribution in [0.2, 0.25) is 0 Å². The van der Waals surface area contributed by atoms with Crippen molar-refractivity contribution in [2.75, 3.05) is 32.4 Å². The van der Waals surface area contributed by atoms with Gasteiger partial charge in [-0.2, -0.15) is 4.31 Å². The van der Waals surface area contributed by atoms with Crippen molar-refractivity contribution < 1.29 is 17.6 Å². The summed E-state index contributed by atoms with van der Waals surface area (Å²) in [6, 6.07) is 6.28. The largest absolute Gasteiger partial charge is 0.341 e.